The normalized spacial score (nSPS) is 10.1. The molecule has 0 bridgehead atoms. The average molecular weight is 331 g/mol. The van der Waals surface area contributed by atoms with Gasteiger partial charge >= 0.3 is 5.97 Å². The van der Waals surface area contributed by atoms with Gasteiger partial charge in [0.1, 0.15) is 5.69 Å². The predicted octanol–water partition coefficient (Wildman–Crippen LogP) is 3.34. The van der Waals surface area contributed by atoms with Crippen molar-refractivity contribution in [3.05, 3.63) is 67.8 Å². The van der Waals surface area contributed by atoms with Crippen LogP contribution in [0, 0.1) is 27.2 Å². The molecule has 9 heteroatoms. The van der Waals surface area contributed by atoms with Crippen LogP contribution in [0.5, 0.6) is 0 Å². The van der Waals surface area contributed by atoms with Crippen LogP contribution in [0.15, 0.2) is 36.4 Å². The second-order valence-electron chi connectivity index (χ2n) is 4.81. The lowest BCUT2D eigenvalue weighted by Gasteiger charge is -2.12. The maximum atomic E-state index is 11.7. The summed E-state index contributed by atoms with van der Waals surface area (Å²) in [6.45, 7) is 1.66. The van der Waals surface area contributed by atoms with E-state index in [9.17, 15) is 25.0 Å². The van der Waals surface area contributed by atoms with E-state index in [1.165, 1.54) is 13.2 Å². The first-order chi connectivity index (χ1) is 11.3. The molecule has 0 saturated heterocycles. The summed E-state index contributed by atoms with van der Waals surface area (Å²) in [7, 11) is 1.25. The van der Waals surface area contributed by atoms with Crippen LogP contribution in [0.3, 0.4) is 0 Å². The van der Waals surface area contributed by atoms with Crippen molar-refractivity contribution in [1.82, 2.24) is 0 Å². The number of benzene rings is 2. The number of esters is 1. The Balaban J connectivity index is 2.47. The molecular weight excluding hydrogens is 318 g/mol. The Bertz CT molecular complexity index is 834. The smallest absolute Gasteiger partial charge is 0.338 e. The third kappa shape index (κ3) is 3.29. The molecule has 2 aromatic carbocycles. The molecule has 0 fully saturated rings. The molecule has 0 heterocycles. The second kappa shape index (κ2) is 6.73. The van der Waals surface area contributed by atoms with Crippen molar-refractivity contribution in [1.29, 1.82) is 0 Å². The molecule has 0 amide bonds. The van der Waals surface area contributed by atoms with Crippen molar-refractivity contribution in [3.8, 4) is 0 Å². The molecule has 0 radical (unpaired) electrons. The molecule has 0 aliphatic heterocycles. The van der Waals surface area contributed by atoms with Gasteiger partial charge in [-0.3, -0.25) is 20.2 Å². The zero-order valence-corrected chi connectivity index (χ0v) is 12.8. The van der Waals surface area contributed by atoms with Gasteiger partial charge in [-0.2, -0.15) is 0 Å². The predicted molar refractivity (Wildman–Crippen MR) is 85.6 cm³/mol. The quantitative estimate of drug-likeness (QED) is 0.506. The number of nitro benzene ring substituents is 2. The monoisotopic (exact) mass is 331 g/mol. The average Bonchev–Trinajstić information content (AvgIpc) is 2.56. The van der Waals surface area contributed by atoms with Gasteiger partial charge in [0, 0.05) is 11.8 Å². The Morgan fingerprint density at radius 2 is 1.79 bits per heavy atom. The zero-order valence-electron chi connectivity index (χ0n) is 12.8. The van der Waals surface area contributed by atoms with E-state index in [-0.39, 0.29) is 11.4 Å². The van der Waals surface area contributed by atoms with Crippen molar-refractivity contribution >= 4 is 28.7 Å². The van der Waals surface area contributed by atoms with Gasteiger partial charge in [-0.05, 0) is 30.7 Å². The third-order valence-electron chi connectivity index (χ3n) is 3.40. The summed E-state index contributed by atoms with van der Waals surface area (Å²) in [6.07, 6.45) is 0. The molecule has 0 aliphatic rings. The van der Waals surface area contributed by atoms with E-state index in [1.807, 2.05) is 0 Å². The second-order valence-corrected chi connectivity index (χ2v) is 4.81. The number of rotatable bonds is 5. The lowest BCUT2D eigenvalue weighted by Crippen LogP contribution is -2.06. The van der Waals surface area contributed by atoms with Crippen molar-refractivity contribution in [2.75, 3.05) is 12.4 Å². The lowest BCUT2D eigenvalue weighted by atomic mass is 10.1. The van der Waals surface area contributed by atoms with Gasteiger partial charge in [-0.1, -0.05) is 6.07 Å². The number of ether oxygens (including phenoxy) is 1. The fraction of sp³-hybridized carbons (Fsp3) is 0.133. The number of nitro groups is 2. The minimum absolute atomic E-state index is 0.0794. The number of carbonyl (C=O) groups excluding carboxylic acids is 1. The summed E-state index contributed by atoms with van der Waals surface area (Å²) < 4.78 is 4.68. The maximum absolute atomic E-state index is 11.7. The molecule has 0 unspecified atom stereocenters. The Morgan fingerprint density at radius 1 is 1.08 bits per heavy atom. The molecule has 0 saturated carbocycles. The van der Waals surface area contributed by atoms with Crippen molar-refractivity contribution in [2.24, 2.45) is 0 Å². The highest BCUT2D eigenvalue weighted by molar-refractivity contribution is 5.93. The first-order valence-electron chi connectivity index (χ1n) is 6.73. The molecule has 0 aromatic heterocycles. The Kier molecular flexibility index (Phi) is 4.73. The molecule has 0 spiro atoms. The molecule has 24 heavy (non-hydrogen) atoms. The zero-order chi connectivity index (χ0) is 17.9. The minimum Gasteiger partial charge on any atom is -0.465 e. The van der Waals surface area contributed by atoms with Crippen LogP contribution >= 0.6 is 0 Å². The van der Waals surface area contributed by atoms with E-state index in [1.54, 1.807) is 25.1 Å². The molecular formula is C15H13N3O6. The van der Waals surface area contributed by atoms with Gasteiger partial charge in [0.2, 0.25) is 0 Å². The van der Waals surface area contributed by atoms with E-state index in [0.717, 1.165) is 12.1 Å². The molecule has 9 nitrogen and oxygen atoms in total. The highest BCUT2D eigenvalue weighted by Crippen LogP contribution is 2.32. The van der Waals surface area contributed by atoms with Crippen LogP contribution in [0.2, 0.25) is 0 Å². The summed E-state index contributed by atoms with van der Waals surface area (Å²) in [5, 5.41) is 24.8. The first-order valence-corrected chi connectivity index (χ1v) is 6.73. The summed E-state index contributed by atoms with van der Waals surface area (Å²) in [5.41, 5.74) is 0.564. The molecule has 124 valence electrons. The Hall–Kier alpha value is -3.49. The standard InChI is InChI=1S/C15H13N3O6/c1-9-11(15(19)24-2)4-3-5-12(9)16-13-7-6-10(17(20)21)8-14(13)18(22)23/h3-8,16H,1-2H3. The third-order valence-corrected chi connectivity index (χ3v) is 3.40. The first kappa shape index (κ1) is 16.9. The number of anilines is 2. The van der Waals surface area contributed by atoms with E-state index in [2.05, 4.69) is 10.1 Å². The van der Waals surface area contributed by atoms with Crippen LogP contribution < -0.4 is 5.32 Å². The van der Waals surface area contributed by atoms with Gasteiger partial charge < -0.3 is 10.1 Å². The van der Waals surface area contributed by atoms with Gasteiger partial charge in [0.15, 0.2) is 0 Å². The van der Waals surface area contributed by atoms with Gasteiger partial charge in [0.25, 0.3) is 11.4 Å². The summed E-state index contributed by atoms with van der Waals surface area (Å²) in [6, 6.07) is 8.08. The van der Waals surface area contributed by atoms with Crippen LogP contribution in [-0.4, -0.2) is 22.9 Å². The maximum Gasteiger partial charge on any atom is 0.338 e. The van der Waals surface area contributed by atoms with Crippen LogP contribution in [0.4, 0.5) is 22.7 Å². The van der Waals surface area contributed by atoms with E-state index < -0.39 is 21.5 Å². The summed E-state index contributed by atoms with van der Waals surface area (Å²) in [4.78, 5) is 32.2. The molecule has 2 rings (SSSR count). The lowest BCUT2D eigenvalue weighted by molar-refractivity contribution is -0.393. The number of nitrogens with one attached hydrogen (secondary N) is 1. The van der Waals surface area contributed by atoms with Crippen molar-refractivity contribution in [3.63, 3.8) is 0 Å². The number of hydrogen-bond acceptors (Lipinski definition) is 7. The van der Waals surface area contributed by atoms with E-state index >= 15 is 0 Å². The fourth-order valence-corrected chi connectivity index (χ4v) is 2.14. The molecule has 1 N–H and O–H groups in total. The molecule has 0 aliphatic carbocycles. The SMILES string of the molecule is COC(=O)c1cccc(Nc2ccc([N+](=O)[O-])cc2[N+](=O)[O-])c1C. The van der Waals surface area contributed by atoms with Crippen LogP contribution in [0.25, 0.3) is 0 Å². The number of non-ortho nitro benzene ring substituents is 1. The van der Waals surface area contributed by atoms with Crippen molar-refractivity contribution < 1.29 is 19.4 Å². The van der Waals surface area contributed by atoms with Crippen LogP contribution in [-0.2, 0) is 4.74 Å². The molecule has 0 atom stereocenters. The van der Waals surface area contributed by atoms with Gasteiger partial charge in [-0.15, -0.1) is 0 Å². The summed E-state index contributed by atoms with van der Waals surface area (Å²) >= 11 is 0. The largest absolute Gasteiger partial charge is 0.465 e. The van der Waals surface area contributed by atoms with E-state index in [0.29, 0.717) is 16.8 Å². The highest BCUT2D eigenvalue weighted by atomic mass is 16.6. The summed E-state index contributed by atoms with van der Waals surface area (Å²) in [5.74, 6) is -0.533. The number of carbonyl (C=O) groups is 1. The Labute approximate surface area is 136 Å². The van der Waals surface area contributed by atoms with Gasteiger partial charge in [0.05, 0.1) is 28.6 Å². The van der Waals surface area contributed by atoms with Crippen LogP contribution in [0.1, 0.15) is 15.9 Å². The number of hydrogen-bond donors (Lipinski definition) is 1. The number of methoxy groups -OCH3 is 1. The van der Waals surface area contributed by atoms with E-state index in [4.69, 9.17) is 0 Å². The minimum atomic E-state index is -0.713. The highest BCUT2D eigenvalue weighted by Gasteiger charge is 2.20. The Morgan fingerprint density at radius 3 is 2.38 bits per heavy atom. The van der Waals surface area contributed by atoms with Crippen molar-refractivity contribution in [2.45, 2.75) is 6.92 Å². The molecule has 2 aromatic rings. The number of nitrogens with zero attached hydrogens (tertiary/aromatic N) is 2. The fourth-order valence-electron chi connectivity index (χ4n) is 2.14. The topological polar surface area (TPSA) is 125 Å². The van der Waals surface area contributed by atoms with Gasteiger partial charge in [-0.25, -0.2) is 4.79 Å².